The summed E-state index contributed by atoms with van der Waals surface area (Å²) >= 11 is 0. The molecule has 7 heteroatoms. The average Bonchev–Trinajstić information content (AvgIpc) is 2.77. The predicted molar refractivity (Wildman–Crippen MR) is 118 cm³/mol. The molecule has 0 atom stereocenters. The standard InChI is InChI=1S/C24H20FN3O3/c25-18-9-6-10-19(15-18)26-22(29)16-28-21-12-5-4-11-20(21)23(30)27(24(28)31)14-13-17-7-2-1-3-8-17/h1-12,15H,13-14,16H2,(H,26,29). The molecule has 1 N–H and O–H groups in total. The van der Waals surface area contributed by atoms with E-state index in [1.165, 1.54) is 22.8 Å². The van der Waals surface area contributed by atoms with Crippen LogP contribution >= 0.6 is 0 Å². The number of hydrogen-bond acceptors (Lipinski definition) is 3. The number of para-hydroxylation sites is 1. The van der Waals surface area contributed by atoms with Crippen molar-refractivity contribution in [3.63, 3.8) is 0 Å². The Labute approximate surface area is 177 Å². The second-order valence-corrected chi connectivity index (χ2v) is 7.14. The second kappa shape index (κ2) is 8.79. The summed E-state index contributed by atoms with van der Waals surface area (Å²) in [4.78, 5) is 38.7. The largest absolute Gasteiger partial charge is 0.331 e. The summed E-state index contributed by atoms with van der Waals surface area (Å²) in [6.45, 7) is -0.112. The molecule has 4 rings (SSSR count). The topological polar surface area (TPSA) is 73.1 Å². The number of benzene rings is 3. The van der Waals surface area contributed by atoms with Gasteiger partial charge in [-0.1, -0.05) is 48.5 Å². The molecular weight excluding hydrogens is 397 g/mol. The zero-order valence-electron chi connectivity index (χ0n) is 16.6. The highest BCUT2D eigenvalue weighted by molar-refractivity contribution is 5.91. The summed E-state index contributed by atoms with van der Waals surface area (Å²) in [5.74, 6) is -0.971. The number of rotatable bonds is 6. The van der Waals surface area contributed by atoms with Gasteiger partial charge in [-0.05, 0) is 42.3 Å². The minimum atomic E-state index is -0.561. The Morgan fingerprint density at radius 2 is 1.61 bits per heavy atom. The smallest absolute Gasteiger partial charge is 0.324 e. The van der Waals surface area contributed by atoms with Gasteiger partial charge in [0, 0.05) is 12.2 Å². The lowest BCUT2D eigenvalue weighted by Crippen LogP contribution is -2.42. The van der Waals surface area contributed by atoms with Crippen LogP contribution in [0.5, 0.6) is 0 Å². The first-order valence-electron chi connectivity index (χ1n) is 9.84. The molecule has 4 aromatic rings. The number of amides is 1. The fourth-order valence-corrected chi connectivity index (χ4v) is 3.52. The number of aromatic nitrogens is 2. The van der Waals surface area contributed by atoms with Crippen LogP contribution < -0.4 is 16.6 Å². The third-order valence-corrected chi connectivity index (χ3v) is 5.01. The SMILES string of the molecule is O=C(Cn1c(=O)n(CCc2ccccc2)c(=O)c2ccccc21)Nc1cccc(F)c1. The van der Waals surface area contributed by atoms with Crippen LogP contribution in [0.25, 0.3) is 10.9 Å². The quantitative estimate of drug-likeness (QED) is 0.524. The Kier molecular flexibility index (Phi) is 5.75. The zero-order chi connectivity index (χ0) is 21.8. The van der Waals surface area contributed by atoms with Gasteiger partial charge < -0.3 is 5.32 Å². The molecule has 0 saturated heterocycles. The predicted octanol–water partition coefficient (Wildman–Crippen LogP) is 3.18. The molecule has 0 aliphatic heterocycles. The van der Waals surface area contributed by atoms with Crippen LogP contribution in [-0.4, -0.2) is 15.0 Å². The minimum absolute atomic E-state index is 0.192. The first-order chi connectivity index (χ1) is 15.0. The molecule has 0 fully saturated rings. The molecule has 1 amide bonds. The number of halogens is 1. The number of anilines is 1. The van der Waals surface area contributed by atoms with Gasteiger partial charge in [0.1, 0.15) is 12.4 Å². The maximum atomic E-state index is 13.4. The van der Waals surface area contributed by atoms with E-state index in [1.54, 1.807) is 30.3 Å². The molecule has 0 saturated carbocycles. The van der Waals surface area contributed by atoms with Gasteiger partial charge in [0.2, 0.25) is 5.91 Å². The molecule has 1 heterocycles. The van der Waals surface area contributed by atoms with E-state index in [4.69, 9.17) is 0 Å². The number of nitrogens with zero attached hydrogens (tertiary/aromatic N) is 2. The van der Waals surface area contributed by atoms with Gasteiger partial charge in [-0.2, -0.15) is 0 Å². The maximum Gasteiger partial charge on any atom is 0.331 e. The van der Waals surface area contributed by atoms with Gasteiger partial charge in [0.15, 0.2) is 0 Å². The molecule has 0 aliphatic carbocycles. The summed E-state index contributed by atoms with van der Waals surface area (Å²) in [7, 11) is 0. The number of aryl methyl sites for hydroxylation is 1. The first kappa shape index (κ1) is 20.3. The molecule has 0 radical (unpaired) electrons. The van der Waals surface area contributed by atoms with Crippen LogP contribution in [-0.2, 0) is 24.3 Å². The van der Waals surface area contributed by atoms with Crippen molar-refractivity contribution in [3.05, 3.63) is 111 Å². The molecule has 6 nitrogen and oxygen atoms in total. The number of nitrogens with one attached hydrogen (secondary N) is 1. The van der Waals surface area contributed by atoms with E-state index >= 15 is 0 Å². The van der Waals surface area contributed by atoms with Crippen LogP contribution in [0.1, 0.15) is 5.56 Å². The van der Waals surface area contributed by atoms with Crippen LogP contribution in [0, 0.1) is 5.82 Å². The molecule has 0 aliphatic rings. The molecular formula is C24H20FN3O3. The molecule has 156 valence electrons. The van der Waals surface area contributed by atoms with Gasteiger partial charge in [-0.3, -0.25) is 18.7 Å². The van der Waals surface area contributed by atoms with E-state index in [9.17, 15) is 18.8 Å². The molecule has 0 bridgehead atoms. The fraction of sp³-hybridized carbons (Fsp3) is 0.125. The van der Waals surface area contributed by atoms with E-state index in [-0.39, 0.29) is 13.1 Å². The maximum absolute atomic E-state index is 13.4. The highest BCUT2D eigenvalue weighted by Crippen LogP contribution is 2.11. The second-order valence-electron chi connectivity index (χ2n) is 7.14. The Morgan fingerprint density at radius 3 is 2.39 bits per heavy atom. The van der Waals surface area contributed by atoms with Crippen molar-refractivity contribution in [2.45, 2.75) is 19.5 Å². The van der Waals surface area contributed by atoms with E-state index in [0.717, 1.165) is 10.1 Å². The van der Waals surface area contributed by atoms with Gasteiger partial charge in [-0.25, -0.2) is 9.18 Å². The zero-order valence-corrected chi connectivity index (χ0v) is 16.6. The Balaban J connectivity index is 1.69. The van der Waals surface area contributed by atoms with Gasteiger partial charge >= 0.3 is 5.69 Å². The molecule has 1 aromatic heterocycles. The number of fused-ring (bicyclic) bond motifs is 1. The van der Waals surface area contributed by atoms with Crippen molar-refractivity contribution < 1.29 is 9.18 Å². The van der Waals surface area contributed by atoms with E-state index < -0.39 is 23.0 Å². The monoisotopic (exact) mass is 417 g/mol. The first-order valence-corrected chi connectivity index (χ1v) is 9.84. The normalized spacial score (nSPS) is 10.9. The number of carbonyl (C=O) groups is 1. The number of hydrogen-bond donors (Lipinski definition) is 1. The average molecular weight is 417 g/mol. The van der Waals surface area contributed by atoms with E-state index in [0.29, 0.717) is 23.0 Å². The van der Waals surface area contributed by atoms with Gasteiger partial charge in [0.25, 0.3) is 5.56 Å². The van der Waals surface area contributed by atoms with Crippen molar-refractivity contribution >= 4 is 22.5 Å². The molecule has 3 aromatic carbocycles. The highest BCUT2D eigenvalue weighted by Gasteiger charge is 2.15. The van der Waals surface area contributed by atoms with Crippen LogP contribution in [0.3, 0.4) is 0 Å². The highest BCUT2D eigenvalue weighted by atomic mass is 19.1. The lowest BCUT2D eigenvalue weighted by molar-refractivity contribution is -0.116. The van der Waals surface area contributed by atoms with Crippen molar-refractivity contribution in [2.75, 3.05) is 5.32 Å². The Bertz CT molecular complexity index is 1360. The summed E-state index contributed by atoms with van der Waals surface area (Å²) < 4.78 is 15.8. The third-order valence-electron chi connectivity index (χ3n) is 5.01. The van der Waals surface area contributed by atoms with E-state index in [1.807, 2.05) is 30.3 Å². The van der Waals surface area contributed by atoms with Gasteiger partial charge in [-0.15, -0.1) is 0 Å². The van der Waals surface area contributed by atoms with E-state index in [2.05, 4.69) is 5.32 Å². The summed E-state index contributed by atoms with van der Waals surface area (Å²) in [6, 6.07) is 21.7. The van der Waals surface area contributed by atoms with Crippen LogP contribution in [0.15, 0.2) is 88.5 Å². The molecule has 0 unspecified atom stereocenters. The molecule has 31 heavy (non-hydrogen) atoms. The van der Waals surface area contributed by atoms with Crippen molar-refractivity contribution in [2.24, 2.45) is 0 Å². The Morgan fingerprint density at radius 1 is 0.871 bits per heavy atom. The van der Waals surface area contributed by atoms with Crippen LogP contribution in [0.2, 0.25) is 0 Å². The fourth-order valence-electron chi connectivity index (χ4n) is 3.52. The Hall–Kier alpha value is -4.00. The van der Waals surface area contributed by atoms with Crippen molar-refractivity contribution in [3.8, 4) is 0 Å². The number of carbonyl (C=O) groups excluding carboxylic acids is 1. The summed E-state index contributed by atoms with van der Waals surface area (Å²) in [5.41, 5.74) is 0.715. The molecule has 0 spiro atoms. The lowest BCUT2D eigenvalue weighted by atomic mass is 10.1. The third kappa shape index (κ3) is 4.45. The van der Waals surface area contributed by atoms with Crippen molar-refractivity contribution in [1.29, 1.82) is 0 Å². The summed E-state index contributed by atoms with van der Waals surface area (Å²) in [6.07, 6.45) is 0.504. The lowest BCUT2D eigenvalue weighted by Gasteiger charge is -2.14. The van der Waals surface area contributed by atoms with Crippen molar-refractivity contribution in [1.82, 2.24) is 9.13 Å². The summed E-state index contributed by atoms with van der Waals surface area (Å²) in [5, 5.41) is 2.94. The van der Waals surface area contributed by atoms with Gasteiger partial charge in [0.05, 0.1) is 10.9 Å². The minimum Gasteiger partial charge on any atom is -0.324 e. The van der Waals surface area contributed by atoms with Crippen LogP contribution in [0.4, 0.5) is 10.1 Å².